The smallest absolute Gasteiger partial charge is 0.338 e. The van der Waals surface area contributed by atoms with Gasteiger partial charge >= 0.3 is 5.97 Å². The van der Waals surface area contributed by atoms with Crippen LogP contribution in [0.25, 0.3) is 10.2 Å². The van der Waals surface area contributed by atoms with E-state index in [0.29, 0.717) is 22.7 Å². The molecule has 6 nitrogen and oxygen atoms in total. The van der Waals surface area contributed by atoms with Gasteiger partial charge in [-0.15, -0.1) is 6.42 Å². The number of terminal acetylenes is 1. The van der Waals surface area contributed by atoms with Gasteiger partial charge in [-0.3, -0.25) is 4.79 Å². The van der Waals surface area contributed by atoms with Crippen molar-refractivity contribution in [2.24, 2.45) is 4.99 Å². The minimum absolute atomic E-state index is 0.178. The zero-order valence-electron chi connectivity index (χ0n) is 15.3. The van der Waals surface area contributed by atoms with Crippen molar-refractivity contribution in [1.82, 2.24) is 4.57 Å². The summed E-state index contributed by atoms with van der Waals surface area (Å²) in [6, 6.07) is 14.2. The highest BCUT2D eigenvalue weighted by Crippen LogP contribution is 2.20. The highest BCUT2D eigenvalue weighted by Gasteiger charge is 2.12. The molecule has 0 aliphatic carbocycles. The van der Waals surface area contributed by atoms with Crippen LogP contribution in [0.3, 0.4) is 0 Å². The molecular formula is C21H18N2O4S. The Kier molecular flexibility index (Phi) is 6.25. The predicted octanol–water partition coefficient (Wildman–Crippen LogP) is 3.02. The van der Waals surface area contributed by atoms with E-state index in [0.717, 1.165) is 10.2 Å². The molecule has 0 saturated heterocycles. The third-order valence-electron chi connectivity index (χ3n) is 3.77. The van der Waals surface area contributed by atoms with Crippen molar-refractivity contribution in [3.63, 3.8) is 0 Å². The van der Waals surface area contributed by atoms with E-state index in [2.05, 4.69) is 10.9 Å². The second-order valence-electron chi connectivity index (χ2n) is 5.69. The molecule has 28 heavy (non-hydrogen) atoms. The molecule has 142 valence electrons. The van der Waals surface area contributed by atoms with Gasteiger partial charge < -0.3 is 14.0 Å². The minimum atomic E-state index is -0.424. The van der Waals surface area contributed by atoms with E-state index >= 15 is 0 Å². The van der Waals surface area contributed by atoms with Crippen molar-refractivity contribution in [1.29, 1.82) is 0 Å². The van der Waals surface area contributed by atoms with Gasteiger partial charge in [-0.1, -0.05) is 35.5 Å². The topological polar surface area (TPSA) is 69.9 Å². The van der Waals surface area contributed by atoms with E-state index in [-0.39, 0.29) is 13.2 Å². The zero-order chi connectivity index (χ0) is 19.9. The van der Waals surface area contributed by atoms with Crippen LogP contribution in [0.15, 0.2) is 53.5 Å². The molecule has 0 saturated carbocycles. The SMILES string of the molecule is C#CCn1c(=NC(=O)COc2ccccc2)sc2cc(C(=O)OCC)ccc21. The summed E-state index contributed by atoms with van der Waals surface area (Å²) in [5.74, 6) is 2.34. The molecule has 0 bridgehead atoms. The van der Waals surface area contributed by atoms with Gasteiger partial charge in [-0.05, 0) is 37.3 Å². The van der Waals surface area contributed by atoms with Crippen molar-refractivity contribution in [2.75, 3.05) is 13.2 Å². The van der Waals surface area contributed by atoms with Gasteiger partial charge in [0.15, 0.2) is 11.4 Å². The van der Waals surface area contributed by atoms with E-state index in [1.807, 2.05) is 18.2 Å². The number of fused-ring (bicyclic) bond motifs is 1. The predicted molar refractivity (Wildman–Crippen MR) is 107 cm³/mol. The average Bonchev–Trinajstić information content (AvgIpc) is 3.04. The lowest BCUT2D eigenvalue weighted by atomic mass is 10.2. The molecule has 0 atom stereocenters. The fraction of sp³-hybridized carbons (Fsp3) is 0.190. The lowest BCUT2D eigenvalue weighted by Crippen LogP contribution is -2.19. The first kappa shape index (κ1) is 19.4. The minimum Gasteiger partial charge on any atom is -0.484 e. The zero-order valence-corrected chi connectivity index (χ0v) is 16.1. The number of hydrogen-bond acceptors (Lipinski definition) is 5. The van der Waals surface area contributed by atoms with Crippen molar-refractivity contribution in [3.8, 4) is 18.1 Å². The Labute approximate surface area is 166 Å². The number of amides is 1. The van der Waals surface area contributed by atoms with Crippen LogP contribution in [0.4, 0.5) is 0 Å². The fourth-order valence-corrected chi connectivity index (χ4v) is 3.63. The highest BCUT2D eigenvalue weighted by atomic mass is 32.1. The molecule has 0 aliphatic rings. The Hall–Kier alpha value is -3.37. The Morgan fingerprint density at radius 1 is 1.21 bits per heavy atom. The average molecular weight is 394 g/mol. The molecule has 0 radical (unpaired) electrons. The van der Waals surface area contributed by atoms with Gasteiger partial charge in [0.25, 0.3) is 5.91 Å². The summed E-state index contributed by atoms with van der Waals surface area (Å²) in [6.07, 6.45) is 5.47. The van der Waals surface area contributed by atoms with Gasteiger partial charge in [0.05, 0.1) is 28.9 Å². The first-order valence-electron chi connectivity index (χ1n) is 8.61. The summed E-state index contributed by atoms with van der Waals surface area (Å²) in [7, 11) is 0. The number of carbonyl (C=O) groups is 2. The Morgan fingerprint density at radius 3 is 2.71 bits per heavy atom. The fourth-order valence-electron chi connectivity index (χ4n) is 2.54. The van der Waals surface area contributed by atoms with E-state index in [9.17, 15) is 9.59 Å². The monoisotopic (exact) mass is 394 g/mol. The lowest BCUT2D eigenvalue weighted by molar-refractivity contribution is -0.120. The number of rotatable bonds is 6. The van der Waals surface area contributed by atoms with Gasteiger partial charge in [0.2, 0.25) is 0 Å². The first-order valence-corrected chi connectivity index (χ1v) is 9.43. The number of ether oxygens (including phenoxy) is 2. The molecule has 1 amide bonds. The molecule has 3 aromatic rings. The number of nitrogens with zero attached hydrogens (tertiary/aromatic N) is 2. The van der Waals surface area contributed by atoms with Crippen LogP contribution >= 0.6 is 11.3 Å². The normalized spacial score (nSPS) is 11.2. The third kappa shape index (κ3) is 4.48. The summed E-state index contributed by atoms with van der Waals surface area (Å²) in [6.45, 7) is 2.13. The first-order chi connectivity index (χ1) is 13.6. The lowest BCUT2D eigenvalue weighted by Gasteiger charge is -2.03. The summed E-state index contributed by atoms with van der Waals surface area (Å²) in [5, 5.41) is 0. The van der Waals surface area contributed by atoms with Gasteiger partial charge in [-0.25, -0.2) is 4.79 Å². The quantitative estimate of drug-likeness (QED) is 0.476. The van der Waals surface area contributed by atoms with Crippen LogP contribution < -0.4 is 9.54 Å². The van der Waals surface area contributed by atoms with Gasteiger partial charge in [-0.2, -0.15) is 4.99 Å². The molecule has 3 rings (SSSR count). The maximum atomic E-state index is 12.3. The molecule has 1 heterocycles. The summed E-state index contributed by atoms with van der Waals surface area (Å²) in [4.78, 5) is 28.8. The standard InChI is InChI=1S/C21H18N2O4S/c1-3-12-23-17-11-10-15(20(25)26-4-2)13-18(17)28-21(23)22-19(24)14-27-16-8-6-5-7-9-16/h1,5-11,13H,4,12,14H2,2H3. The molecule has 0 spiro atoms. The molecule has 0 N–H and O–H groups in total. The summed E-state index contributed by atoms with van der Waals surface area (Å²) in [5.41, 5.74) is 1.24. The van der Waals surface area contributed by atoms with Crippen LogP contribution in [-0.2, 0) is 16.1 Å². The van der Waals surface area contributed by atoms with Crippen molar-refractivity contribution in [3.05, 3.63) is 58.9 Å². The van der Waals surface area contributed by atoms with Crippen LogP contribution in [0.1, 0.15) is 17.3 Å². The number of para-hydroxylation sites is 1. The summed E-state index contributed by atoms with van der Waals surface area (Å²) < 4.78 is 13.0. The molecule has 1 aromatic heterocycles. The second kappa shape index (κ2) is 9.02. The van der Waals surface area contributed by atoms with Crippen LogP contribution in [0.5, 0.6) is 5.75 Å². The number of thiazole rings is 1. The Balaban J connectivity index is 1.91. The summed E-state index contributed by atoms with van der Waals surface area (Å²) >= 11 is 1.28. The molecule has 0 fully saturated rings. The van der Waals surface area contributed by atoms with Crippen LogP contribution in [0, 0.1) is 12.3 Å². The Bertz CT molecular complexity index is 1110. The number of esters is 1. The molecular weight excluding hydrogens is 376 g/mol. The van der Waals surface area contributed by atoms with Gasteiger partial charge in [0.1, 0.15) is 5.75 Å². The molecule has 7 heteroatoms. The van der Waals surface area contributed by atoms with E-state index in [4.69, 9.17) is 15.9 Å². The second-order valence-corrected chi connectivity index (χ2v) is 6.69. The largest absolute Gasteiger partial charge is 0.484 e. The van der Waals surface area contributed by atoms with Crippen molar-refractivity contribution >= 4 is 33.4 Å². The Morgan fingerprint density at radius 2 is 2.00 bits per heavy atom. The molecule has 0 aliphatic heterocycles. The number of hydrogen-bond donors (Lipinski definition) is 0. The van der Waals surface area contributed by atoms with E-state index in [1.165, 1.54) is 11.3 Å². The number of carbonyl (C=O) groups excluding carboxylic acids is 2. The van der Waals surface area contributed by atoms with E-state index in [1.54, 1.807) is 41.8 Å². The molecule has 2 aromatic carbocycles. The maximum Gasteiger partial charge on any atom is 0.338 e. The number of benzene rings is 2. The van der Waals surface area contributed by atoms with Crippen LogP contribution in [-0.4, -0.2) is 29.7 Å². The number of aromatic nitrogens is 1. The van der Waals surface area contributed by atoms with Crippen molar-refractivity contribution in [2.45, 2.75) is 13.5 Å². The third-order valence-corrected chi connectivity index (χ3v) is 4.81. The van der Waals surface area contributed by atoms with E-state index < -0.39 is 11.9 Å². The highest BCUT2D eigenvalue weighted by molar-refractivity contribution is 7.16. The van der Waals surface area contributed by atoms with Crippen molar-refractivity contribution < 1.29 is 19.1 Å². The molecule has 0 unspecified atom stereocenters. The van der Waals surface area contributed by atoms with Crippen LogP contribution in [0.2, 0.25) is 0 Å². The maximum absolute atomic E-state index is 12.3. The van der Waals surface area contributed by atoms with Gasteiger partial charge in [0, 0.05) is 0 Å².